The number of halogens is 4. The maximum absolute atomic E-state index is 13.3. The van der Waals surface area contributed by atoms with Gasteiger partial charge in [-0.25, -0.2) is 9.37 Å². The van der Waals surface area contributed by atoms with Crippen molar-refractivity contribution < 1.29 is 9.18 Å². The lowest BCUT2D eigenvalue weighted by molar-refractivity contribution is 0.102. The summed E-state index contributed by atoms with van der Waals surface area (Å²) < 4.78 is 14.3. The van der Waals surface area contributed by atoms with Gasteiger partial charge in [-0.3, -0.25) is 4.79 Å². The Morgan fingerprint density at radius 2 is 1.84 bits per heavy atom. The number of nitrogens with zero attached hydrogens (tertiary/aromatic N) is 1. The molecule has 0 spiro atoms. The van der Waals surface area contributed by atoms with Gasteiger partial charge in [0.05, 0.1) is 5.56 Å². The molecule has 1 heterocycles. The third kappa shape index (κ3) is 3.55. The highest BCUT2D eigenvalue weighted by atomic mass is 127. The first-order valence-electron chi connectivity index (χ1n) is 5.06. The molecular weight excluding hydrogens is 405 g/mol. The zero-order valence-electron chi connectivity index (χ0n) is 9.25. The molecule has 1 N–H and O–H groups in total. The minimum atomic E-state index is -0.793. The second-order valence-electron chi connectivity index (χ2n) is 3.56. The van der Waals surface area contributed by atoms with Crippen molar-refractivity contribution >= 4 is 57.4 Å². The summed E-state index contributed by atoms with van der Waals surface area (Å²) >= 11 is 13.4. The van der Waals surface area contributed by atoms with Gasteiger partial charge >= 0.3 is 0 Å². The second-order valence-corrected chi connectivity index (χ2v) is 5.52. The molecule has 2 aromatic rings. The summed E-state index contributed by atoms with van der Waals surface area (Å²) in [6.45, 7) is 0. The summed E-state index contributed by atoms with van der Waals surface area (Å²) in [6.07, 6.45) is 0. The van der Waals surface area contributed by atoms with Gasteiger partial charge in [0.25, 0.3) is 5.91 Å². The Bertz CT molecular complexity index is 634. The molecule has 3 nitrogen and oxygen atoms in total. The molecule has 0 bridgehead atoms. The monoisotopic (exact) mass is 410 g/mol. The molecule has 2 rings (SSSR count). The first-order chi connectivity index (χ1) is 8.97. The van der Waals surface area contributed by atoms with Crippen LogP contribution in [0.4, 0.5) is 10.1 Å². The fraction of sp³-hybridized carbons (Fsp3) is 0. The van der Waals surface area contributed by atoms with Gasteiger partial charge in [-0.1, -0.05) is 23.2 Å². The van der Waals surface area contributed by atoms with Crippen LogP contribution in [0.3, 0.4) is 0 Å². The van der Waals surface area contributed by atoms with Crippen LogP contribution in [0.25, 0.3) is 0 Å². The Balaban J connectivity index is 2.25. The van der Waals surface area contributed by atoms with E-state index in [2.05, 4.69) is 32.9 Å². The molecule has 0 aliphatic heterocycles. The maximum Gasteiger partial charge on any atom is 0.258 e. The van der Waals surface area contributed by atoms with Crippen molar-refractivity contribution in [2.75, 3.05) is 5.32 Å². The van der Waals surface area contributed by atoms with Gasteiger partial charge in [0.2, 0.25) is 0 Å². The fourth-order valence-corrected chi connectivity index (χ4v) is 2.10. The second kappa shape index (κ2) is 6.02. The summed E-state index contributed by atoms with van der Waals surface area (Å²) in [6, 6.07) is 8.08. The highest BCUT2D eigenvalue weighted by Gasteiger charge is 2.15. The molecule has 0 atom stereocenters. The van der Waals surface area contributed by atoms with Crippen molar-refractivity contribution in [2.45, 2.75) is 0 Å². The third-order valence-electron chi connectivity index (χ3n) is 2.23. The van der Waals surface area contributed by atoms with Gasteiger partial charge in [0.15, 0.2) is 11.0 Å². The number of aromatic nitrogens is 1. The summed E-state index contributed by atoms with van der Waals surface area (Å²) in [5.41, 5.74) is 0.513. The molecule has 0 saturated heterocycles. The molecule has 1 aromatic heterocycles. The van der Waals surface area contributed by atoms with E-state index in [4.69, 9.17) is 23.2 Å². The van der Waals surface area contributed by atoms with Gasteiger partial charge in [0.1, 0.15) is 5.15 Å². The normalized spacial score (nSPS) is 10.3. The molecular formula is C12H6Cl2FIN2O. The van der Waals surface area contributed by atoms with Crippen LogP contribution >= 0.6 is 45.8 Å². The molecule has 98 valence electrons. The van der Waals surface area contributed by atoms with Crippen LogP contribution in [-0.2, 0) is 0 Å². The molecule has 1 amide bonds. The number of carbonyl (C=O) groups excluding carboxylic acids is 1. The average Bonchev–Trinajstić information content (AvgIpc) is 2.36. The lowest BCUT2D eigenvalue weighted by atomic mass is 10.2. The molecule has 0 aliphatic carbocycles. The predicted molar refractivity (Wildman–Crippen MR) is 81.3 cm³/mol. The highest BCUT2D eigenvalue weighted by molar-refractivity contribution is 14.1. The molecule has 19 heavy (non-hydrogen) atoms. The lowest BCUT2D eigenvalue weighted by Gasteiger charge is -2.07. The zero-order chi connectivity index (χ0) is 14.0. The van der Waals surface area contributed by atoms with E-state index < -0.39 is 11.7 Å². The van der Waals surface area contributed by atoms with Crippen molar-refractivity contribution in [1.29, 1.82) is 0 Å². The quantitative estimate of drug-likeness (QED) is 0.589. The van der Waals surface area contributed by atoms with Crippen molar-refractivity contribution in [2.24, 2.45) is 0 Å². The molecule has 0 saturated carbocycles. The lowest BCUT2D eigenvalue weighted by Crippen LogP contribution is -2.13. The summed E-state index contributed by atoms with van der Waals surface area (Å²) in [5.74, 6) is -1.34. The molecule has 0 unspecified atom stereocenters. The molecule has 1 aromatic carbocycles. The summed E-state index contributed by atoms with van der Waals surface area (Å²) in [7, 11) is 0. The van der Waals surface area contributed by atoms with Crippen molar-refractivity contribution in [3.63, 3.8) is 0 Å². The number of anilines is 1. The van der Waals surface area contributed by atoms with Crippen LogP contribution in [0.2, 0.25) is 10.3 Å². The molecule has 0 fully saturated rings. The predicted octanol–water partition coefficient (Wildman–Crippen LogP) is 4.38. The van der Waals surface area contributed by atoms with E-state index in [0.29, 0.717) is 5.69 Å². The Morgan fingerprint density at radius 1 is 1.21 bits per heavy atom. The number of rotatable bonds is 2. The van der Waals surface area contributed by atoms with Crippen LogP contribution in [0.5, 0.6) is 0 Å². The Labute approximate surface area is 132 Å². The smallest absolute Gasteiger partial charge is 0.258 e. The van der Waals surface area contributed by atoms with Crippen molar-refractivity contribution in [3.05, 3.63) is 55.6 Å². The number of amides is 1. The van der Waals surface area contributed by atoms with Gasteiger partial charge in [-0.2, -0.15) is 0 Å². The highest BCUT2D eigenvalue weighted by Crippen LogP contribution is 2.21. The van der Waals surface area contributed by atoms with E-state index in [1.807, 2.05) is 12.1 Å². The minimum Gasteiger partial charge on any atom is -0.322 e. The first-order valence-corrected chi connectivity index (χ1v) is 6.89. The minimum absolute atomic E-state index is 0.0675. The van der Waals surface area contributed by atoms with Crippen molar-refractivity contribution in [3.8, 4) is 0 Å². The van der Waals surface area contributed by atoms with E-state index in [-0.39, 0.29) is 15.9 Å². The Kier molecular flexibility index (Phi) is 4.59. The van der Waals surface area contributed by atoms with Gasteiger partial charge in [0, 0.05) is 9.26 Å². The number of hydrogen-bond donors (Lipinski definition) is 1. The van der Waals surface area contributed by atoms with E-state index in [1.165, 1.54) is 0 Å². The van der Waals surface area contributed by atoms with Crippen molar-refractivity contribution in [1.82, 2.24) is 4.98 Å². The van der Waals surface area contributed by atoms with Gasteiger partial charge in [-0.05, 0) is 52.9 Å². The van der Waals surface area contributed by atoms with E-state index >= 15 is 0 Å². The maximum atomic E-state index is 13.3. The van der Waals surface area contributed by atoms with E-state index in [1.54, 1.807) is 12.1 Å². The Hall–Kier alpha value is -0.920. The number of pyridine rings is 1. The zero-order valence-corrected chi connectivity index (χ0v) is 12.9. The largest absolute Gasteiger partial charge is 0.322 e. The number of hydrogen-bond acceptors (Lipinski definition) is 2. The summed E-state index contributed by atoms with van der Waals surface area (Å²) in [4.78, 5) is 15.5. The number of carbonyl (C=O) groups is 1. The topological polar surface area (TPSA) is 42.0 Å². The van der Waals surface area contributed by atoms with E-state index in [9.17, 15) is 9.18 Å². The fourth-order valence-electron chi connectivity index (χ4n) is 1.34. The molecule has 0 radical (unpaired) electrons. The van der Waals surface area contributed by atoms with Crippen LogP contribution in [0.1, 0.15) is 10.4 Å². The van der Waals surface area contributed by atoms with Crippen LogP contribution in [0, 0.1) is 9.39 Å². The van der Waals surface area contributed by atoms with Crippen LogP contribution in [0.15, 0.2) is 30.3 Å². The number of benzene rings is 1. The van der Waals surface area contributed by atoms with Crippen LogP contribution < -0.4 is 5.32 Å². The third-order valence-corrected chi connectivity index (χ3v) is 3.51. The standard InChI is InChI=1S/C12H6Cl2FIN2O/c13-10-8(5-9(15)11(14)18-10)12(19)17-7-3-1-6(16)2-4-7/h1-5H,(H,17,19). The molecule has 0 aliphatic rings. The number of nitrogens with one attached hydrogen (secondary N) is 1. The first kappa shape index (κ1) is 14.5. The van der Waals surface area contributed by atoms with Gasteiger partial charge < -0.3 is 5.32 Å². The Morgan fingerprint density at radius 3 is 2.47 bits per heavy atom. The van der Waals surface area contributed by atoms with Crippen LogP contribution in [-0.4, -0.2) is 10.9 Å². The molecule has 7 heteroatoms. The van der Waals surface area contributed by atoms with Gasteiger partial charge in [-0.15, -0.1) is 0 Å². The summed E-state index contributed by atoms with van der Waals surface area (Å²) in [5, 5.41) is 2.09. The SMILES string of the molecule is O=C(Nc1ccc(I)cc1)c1cc(F)c(Cl)nc1Cl. The van der Waals surface area contributed by atoms with E-state index in [0.717, 1.165) is 9.64 Å². The average molecular weight is 411 g/mol.